The third-order valence-electron chi connectivity index (χ3n) is 4.74. The number of alkyl halides is 3. The third kappa shape index (κ3) is 3.06. The number of amides is 1. The minimum atomic E-state index is -4.40. The fourth-order valence-corrected chi connectivity index (χ4v) is 3.31. The smallest absolute Gasteiger partial charge is 0.379 e. The zero-order valence-electron chi connectivity index (χ0n) is 12.9. The number of aromatic nitrogens is 1. The Bertz CT molecular complexity index is 591. The van der Waals surface area contributed by atoms with Gasteiger partial charge in [-0.05, 0) is 37.3 Å². The Balaban J connectivity index is 1.69. The van der Waals surface area contributed by atoms with Gasteiger partial charge in [-0.3, -0.25) is 9.78 Å². The molecule has 0 N–H and O–H groups in total. The lowest BCUT2D eigenvalue weighted by molar-refractivity contribution is -0.169. The molecule has 0 atom stereocenters. The quantitative estimate of drug-likeness (QED) is 0.838. The first-order valence-electron chi connectivity index (χ1n) is 7.69. The van der Waals surface area contributed by atoms with Gasteiger partial charge in [0.05, 0.1) is 24.2 Å². The van der Waals surface area contributed by atoms with Gasteiger partial charge in [-0.25, -0.2) is 0 Å². The lowest BCUT2D eigenvalue weighted by atomic mass is 9.83. The maximum absolute atomic E-state index is 13.1. The summed E-state index contributed by atoms with van der Waals surface area (Å²) in [6.45, 7) is 3.69. The molecule has 0 spiro atoms. The second-order valence-electron chi connectivity index (χ2n) is 6.58. The highest BCUT2D eigenvalue weighted by atomic mass is 19.4. The number of hydrogen-bond donors (Lipinski definition) is 0. The Morgan fingerprint density at radius 3 is 2.52 bits per heavy atom. The third-order valence-corrected chi connectivity index (χ3v) is 4.74. The van der Waals surface area contributed by atoms with Gasteiger partial charge < -0.3 is 9.64 Å². The van der Waals surface area contributed by atoms with E-state index < -0.39 is 17.2 Å². The van der Waals surface area contributed by atoms with E-state index >= 15 is 0 Å². The monoisotopic (exact) mass is 328 g/mol. The van der Waals surface area contributed by atoms with Crippen molar-refractivity contribution in [3.05, 3.63) is 29.6 Å². The predicted octanol–water partition coefficient (Wildman–Crippen LogP) is 2.84. The van der Waals surface area contributed by atoms with Crippen molar-refractivity contribution in [1.82, 2.24) is 9.88 Å². The van der Waals surface area contributed by atoms with Crippen molar-refractivity contribution < 1.29 is 22.7 Å². The van der Waals surface area contributed by atoms with Crippen molar-refractivity contribution in [3.63, 3.8) is 0 Å². The average molecular weight is 328 g/mol. The van der Waals surface area contributed by atoms with Crippen molar-refractivity contribution in [2.75, 3.05) is 26.3 Å². The van der Waals surface area contributed by atoms with Gasteiger partial charge in [-0.15, -0.1) is 0 Å². The van der Waals surface area contributed by atoms with E-state index in [1.807, 2.05) is 6.92 Å². The highest BCUT2D eigenvalue weighted by molar-refractivity contribution is 5.83. The van der Waals surface area contributed by atoms with E-state index in [2.05, 4.69) is 4.98 Å². The van der Waals surface area contributed by atoms with E-state index in [1.165, 1.54) is 12.3 Å². The van der Waals surface area contributed by atoms with E-state index in [9.17, 15) is 18.0 Å². The van der Waals surface area contributed by atoms with Gasteiger partial charge in [0, 0.05) is 25.5 Å². The van der Waals surface area contributed by atoms with E-state index in [4.69, 9.17) is 4.74 Å². The molecule has 1 aromatic rings. The van der Waals surface area contributed by atoms with Crippen molar-refractivity contribution in [2.24, 2.45) is 5.41 Å². The molecule has 3 heterocycles. The van der Waals surface area contributed by atoms with Gasteiger partial charge in [-0.1, -0.05) is 0 Å². The van der Waals surface area contributed by atoms with Crippen LogP contribution in [0.15, 0.2) is 18.5 Å². The van der Waals surface area contributed by atoms with Gasteiger partial charge in [0.2, 0.25) is 5.91 Å². The van der Waals surface area contributed by atoms with Crippen LogP contribution in [0.4, 0.5) is 13.2 Å². The average Bonchev–Trinajstić information content (AvgIpc) is 2.51. The first kappa shape index (κ1) is 16.2. The van der Waals surface area contributed by atoms with Gasteiger partial charge in [0.25, 0.3) is 0 Å². The van der Waals surface area contributed by atoms with Crippen LogP contribution in [-0.4, -0.2) is 42.1 Å². The van der Waals surface area contributed by atoms with Crippen LogP contribution >= 0.6 is 0 Å². The number of rotatable bonds is 2. The number of likely N-dealkylation sites (tertiary alicyclic amines) is 1. The second kappa shape index (κ2) is 5.78. The first-order valence-corrected chi connectivity index (χ1v) is 7.69. The minimum absolute atomic E-state index is 0.0490. The fourth-order valence-electron chi connectivity index (χ4n) is 3.31. The van der Waals surface area contributed by atoms with Gasteiger partial charge in [0.1, 0.15) is 0 Å². The van der Waals surface area contributed by atoms with Gasteiger partial charge in [0.15, 0.2) is 0 Å². The molecule has 0 aliphatic carbocycles. The number of piperidine rings is 1. The lowest BCUT2D eigenvalue weighted by Gasteiger charge is -2.42. The number of ether oxygens (including phenoxy) is 1. The number of nitrogens with zero attached hydrogens (tertiary/aromatic N) is 2. The van der Waals surface area contributed by atoms with Crippen LogP contribution in [0.1, 0.15) is 36.8 Å². The van der Waals surface area contributed by atoms with E-state index in [0.717, 1.165) is 6.20 Å². The molecule has 2 aliphatic rings. The molecule has 0 unspecified atom stereocenters. The molecule has 0 aromatic carbocycles. The lowest BCUT2D eigenvalue weighted by Crippen LogP contribution is -2.54. The van der Waals surface area contributed by atoms with Crippen LogP contribution in [0.5, 0.6) is 0 Å². The van der Waals surface area contributed by atoms with E-state index in [0.29, 0.717) is 39.1 Å². The highest BCUT2D eigenvalue weighted by Crippen LogP contribution is 2.39. The Kier molecular flexibility index (Phi) is 4.08. The second-order valence-corrected chi connectivity index (χ2v) is 6.58. The molecule has 2 aliphatic heterocycles. The van der Waals surface area contributed by atoms with Crippen molar-refractivity contribution in [1.29, 1.82) is 0 Å². The minimum Gasteiger partial charge on any atom is -0.379 e. The van der Waals surface area contributed by atoms with Crippen LogP contribution in [0, 0.1) is 5.41 Å². The summed E-state index contributed by atoms with van der Waals surface area (Å²) in [6.07, 6.45) is -1.03. The highest BCUT2D eigenvalue weighted by Gasteiger charge is 2.44. The van der Waals surface area contributed by atoms with Crippen LogP contribution in [0.3, 0.4) is 0 Å². The molecule has 3 rings (SSSR count). The number of carbonyl (C=O) groups excluding carboxylic acids is 1. The predicted molar refractivity (Wildman–Crippen MR) is 76.7 cm³/mol. The van der Waals surface area contributed by atoms with Crippen LogP contribution in [0.2, 0.25) is 0 Å². The molecule has 126 valence electrons. The molecule has 2 saturated heterocycles. The topological polar surface area (TPSA) is 42.4 Å². The molecule has 0 radical (unpaired) electrons. The molecule has 0 bridgehead atoms. The number of hydrogen-bond acceptors (Lipinski definition) is 3. The molecule has 2 fully saturated rings. The Morgan fingerprint density at radius 2 is 2.00 bits per heavy atom. The van der Waals surface area contributed by atoms with E-state index in [-0.39, 0.29) is 17.4 Å². The maximum Gasteiger partial charge on any atom is 0.418 e. The Hall–Kier alpha value is -1.63. The number of halogens is 3. The number of carbonyl (C=O) groups is 1. The zero-order valence-corrected chi connectivity index (χ0v) is 12.9. The molecular weight excluding hydrogens is 309 g/mol. The van der Waals surface area contributed by atoms with E-state index in [1.54, 1.807) is 4.90 Å². The van der Waals surface area contributed by atoms with Crippen LogP contribution in [0.25, 0.3) is 0 Å². The first-order chi connectivity index (χ1) is 10.8. The normalized spacial score (nSPS) is 21.8. The summed E-state index contributed by atoms with van der Waals surface area (Å²) < 4.78 is 44.4. The summed E-state index contributed by atoms with van der Waals surface area (Å²) in [5, 5.41) is 0. The van der Waals surface area contributed by atoms with Crippen molar-refractivity contribution in [2.45, 2.75) is 31.9 Å². The summed E-state index contributed by atoms with van der Waals surface area (Å²) in [7, 11) is 0. The molecular formula is C16H19F3N2O2. The standard InChI is InChI=1S/C16H19F3N2O2/c1-15(9-23-10-15)14(22)21-6-3-11(4-7-21)12-2-5-20-8-13(12)16(17,18)19/h2,5,8,11H,3-4,6-7,9-10H2,1H3. The maximum atomic E-state index is 13.1. The Morgan fingerprint density at radius 1 is 1.35 bits per heavy atom. The fraction of sp³-hybridized carbons (Fsp3) is 0.625. The Labute approximate surface area is 132 Å². The summed E-state index contributed by atoms with van der Waals surface area (Å²) in [5.74, 6) is -0.142. The van der Waals surface area contributed by atoms with Crippen LogP contribution < -0.4 is 0 Å². The molecule has 1 amide bonds. The molecule has 4 nitrogen and oxygen atoms in total. The molecule has 23 heavy (non-hydrogen) atoms. The summed E-state index contributed by atoms with van der Waals surface area (Å²) >= 11 is 0. The molecule has 0 saturated carbocycles. The summed E-state index contributed by atoms with van der Waals surface area (Å²) in [6, 6.07) is 1.45. The largest absolute Gasteiger partial charge is 0.418 e. The van der Waals surface area contributed by atoms with Gasteiger partial charge >= 0.3 is 6.18 Å². The SMILES string of the molecule is CC1(C(=O)N2CCC(c3ccncc3C(F)(F)F)CC2)COC1. The van der Waals surface area contributed by atoms with Gasteiger partial charge in [-0.2, -0.15) is 13.2 Å². The number of pyridine rings is 1. The summed E-state index contributed by atoms with van der Waals surface area (Å²) in [5.41, 5.74) is -0.831. The molecule has 7 heteroatoms. The zero-order chi connectivity index (χ0) is 16.7. The van der Waals surface area contributed by atoms with Crippen molar-refractivity contribution in [3.8, 4) is 0 Å². The van der Waals surface area contributed by atoms with Crippen LogP contribution in [-0.2, 0) is 15.7 Å². The molecule has 1 aromatic heterocycles. The summed E-state index contributed by atoms with van der Waals surface area (Å²) in [4.78, 5) is 17.8. The van der Waals surface area contributed by atoms with Crippen molar-refractivity contribution >= 4 is 5.91 Å².